The molecule has 2 amide bonds. The van der Waals surface area contributed by atoms with Crippen LogP contribution in [0.2, 0.25) is 0 Å². The van der Waals surface area contributed by atoms with Crippen LogP contribution in [0, 0.1) is 5.92 Å². The van der Waals surface area contributed by atoms with E-state index in [4.69, 9.17) is 9.47 Å². The van der Waals surface area contributed by atoms with Gasteiger partial charge in [0.15, 0.2) is 0 Å². The number of pyridine rings is 1. The molecule has 248 valence electrons. The van der Waals surface area contributed by atoms with Gasteiger partial charge in [-0.25, -0.2) is 8.42 Å². The summed E-state index contributed by atoms with van der Waals surface area (Å²) < 4.78 is 41.3. The first-order valence-electron chi connectivity index (χ1n) is 15.6. The number of aromatic nitrogens is 1. The highest BCUT2D eigenvalue weighted by molar-refractivity contribution is 7.92. The maximum absolute atomic E-state index is 14.3. The molecule has 12 heteroatoms. The topological polar surface area (TPSA) is 138 Å². The molecule has 1 aliphatic heterocycles. The summed E-state index contributed by atoms with van der Waals surface area (Å²) >= 11 is 0. The van der Waals surface area contributed by atoms with E-state index in [9.17, 15) is 23.1 Å². The molecule has 2 aromatic carbocycles. The van der Waals surface area contributed by atoms with E-state index >= 15 is 0 Å². The van der Waals surface area contributed by atoms with Crippen LogP contribution in [0.5, 0.6) is 5.75 Å². The number of anilines is 1. The van der Waals surface area contributed by atoms with Crippen molar-refractivity contribution in [1.29, 1.82) is 0 Å². The number of benzene rings is 2. The Balaban J connectivity index is 1.66. The largest absolute Gasteiger partial charge is 0.490 e. The number of nitrogens with zero attached hydrogens (tertiary/aromatic N) is 3. The fourth-order valence-electron chi connectivity index (χ4n) is 5.33. The Morgan fingerprint density at radius 2 is 1.83 bits per heavy atom. The molecule has 0 spiro atoms. The SMILES string of the molecule is C[C@@H]1CN([C@@H](C)CO)C(=O)c2cc(NS(=O)(=O)c3ccccc3)ccc2O[C@@H](C)CCCCO[C@H]1CN(C)C(=O)c1ccncc1. The van der Waals surface area contributed by atoms with E-state index in [0.717, 1.165) is 12.8 Å². The second kappa shape index (κ2) is 16.0. The molecule has 11 nitrogen and oxygen atoms in total. The lowest BCUT2D eigenvalue weighted by Gasteiger charge is -2.36. The van der Waals surface area contributed by atoms with E-state index < -0.39 is 28.1 Å². The molecule has 4 rings (SSSR count). The summed E-state index contributed by atoms with van der Waals surface area (Å²) in [4.78, 5) is 34.7. The third-order valence-electron chi connectivity index (χ3n) is 8.09. The lowest BCUT2D eigenvalue weighted by atomic mass is 10.0. The van der Waals surface area contributed by atoms with Gasteiger partial charge in [0.1, 0.15) is 5.75 Å². The van der Waals surface area contributed by atoms with Crippen LogP contribution in [0.15, 0.2) is 78.0 Å². The number of carbonyl (C=O) groups excluding carboxylic acids is 2. The molecule has 0 aliphatic carbocycles. The zero-order valence-electron chi connectivity index (χ0n) is 26.8. The first-order valence-corrected chi connectivity index (χ1v) is 17.1. The number of hydrogen-bond donors (Lipinski definition) is 2. The van der Waals surface area contributed by atoms with Crippen molar-refractivity contribution in [2.24, 2.45) is 5.92 Å². The van der Waals surface area contributed by atoms with Gasteiger partial charge in [-0.3, -0.25) is 19.3 Å². The number of fused-ring (bicyclic) bond motifs is 1. The minimum atomic E-state index is -3.91. The number of carbonyl (C=O) groups is 2. The van der Waals surface area contributed by atoms with E-state index in [-0.39, 0.29) is 47.2 Å². The summed E-state index contributed by atoms with van der Waals surface area (Å²) in [5.41, 5.74) is 0.892. The molecule has 2 heterocycles. The summed E-state index contributed by atoms with van der Waals surface area (Å²) in [5.74, 6) is -0.500. The van der Waals surface area contributed by atoms with Crippen molar-refractivity contribution in [3.05, 3.63) is 84.2 Å². The smallest absolute Gasteiger partial charge is 0.261 e. The van der Waals surface area contributed by atoms with Crippen LogP contribution in [0.1, 0.15) is 60.7 Å². The number of amides is 2. The van der Waals surface area contributed by atoms with Crippen LogP contribution in [-0.4, -0.2) is 91.7 Å². The summed E-state index contributed by atoms with van der Waals surface area (Å²) in [5, 5.41) is 10.2. The predicted molar refractivity (Wildman–Crippen MR) is 175 cm³/mol. The zero-order chi connectivity index (χ0) is 33.3. The number of likely N-dealkylation sites (N-methyl/N-ethyl adjacent to an activating group) is 1. The molecule has 0 unspecified atom stereocenters. The fraction of sp³-hybridized carbons (Fsp3) is 0.441. The highest BCUT2D eigenvalue weighted by Crippen LogP contribution is 2.29. The van der Waals surface area contributed by atoms with Crippen LogP contribution >= 0.6 is 0 Å². The minimum Gasteiger partial charge on any atom is -0.490 e. The number of hydrogen-bond acceptors (Lipinski definition) is 8. The molecule has 0 bridgehead atoms. The molecule has 1 aromatic heterocycles. The molecule has 0 saturated carbocycles. The summed E-state index contributed by atoms with van der Waals surface area (Å²) in [6.07, 6.45) is 4.81. The van der Waals surface area contributed by atoms with Gasteiger partial charge >= 0.3 is 0 Å². The highest BCUT2D eigenvalue weighted by atomic mass is 32.2. The number of aliphatic hydroxyl groups excluding tert-OH is 1. The van der Waals surface area contributed by atoms with E-state index in [1.165, 1.54) is 18.2 Å². The van der Waals surface area contributed by atoms with Gasteiger partial charge in [-0.2, -0.15) is 0 Å². The second-order valence-corrected chi connectivity index (χ2v) is 13.5. The van der Waals surface area contributed by atoms with Crippen molar-refractivity contribution in [3.63, 3.8) is 0 Å². The van der Waals surface area contributed by atoms with Crippen LogP contribution in [0.25, 0.3) is 0 Å². The summed E-state index contributed by atoms with van der Waals surface area (Å²) in [6.45, 7) is 6.30. The van der Waals surface area contributed by atoms with Crippen molar-refractivity contribution in [1.82, 2.24) is 14.8 Å². The van der Waals surface area contributed by atoms with Crippen molar-refractivity contribution < 1.29 is 32.6 Å². The molecule has 3 aromatic rings. The molecule has 1 aliphatic rings. The van der Waals surface area contributed by atoms with Gasteiger partial charge in [-0.1, -0.05) is 25.1 Å². The standard InChI is InChI=1S/C34H44N4O7S/c1-24-21-38(25(2)23-39)34(41)30-20-28(36-46(42,43)29-11-6-5-7-12-29)13-14-31(30)45-26(3)10-8-9-19-44-32(24)22-37(4)33(40)27-15-17-35-18-16-27/h5-7,11-18,20,24-26,32,36,39H,8-10,19,21-23H2,1-4H3/t24-,25+,26+,32+/m1/s1. The molecule has 0 fully saturated rings. The fourth-order valence-corrected chi connectivity index (χ4v) is 6.40. The van der Waals surface area contributed by atoms with Crippen LogP contribution < -0.4 is 9.46 Å². The van der Waals surface area contributed by atoms with Crippen LogP contribution in [0.3, 0.4) is 0 Å². The molecule has 4 atom stereocenters. The Hall–Kier alpha value is -4.00. The van der Waals surface area contributed by atoms with Crippen molar-refractivity contribution in [2.45, 2.75) is 63.2 Å². The Labute approximate surface area is 271 Å². The molecule has 46 heavy (non-hydrogen) atoms. The zero-order valence-corrected chi connectivity index (χ0v) is 27.7. The van der Waals surface area contributed by atoms with Crippen molar-refractivity contribution >= 4 is 27.5 Å². The van der Waals surface area contributed by atoms with Gasteiger partial charge in [-0.05, 0) is 75.6 Å². The van der Waals surface area contributed by atoms with Gasteiger partial charge in [-0.15, -0.1) is 0 Å². The molecule has 0 saturated heterocycles. The normalized spacial score (nSPS) is 20.5. The first-order chi connectivity index (χ1) is 22.0. The third-order valence-corrected chi connectivity index (χ3v) is 9.48. The van der Waals surface area contributed by atoms with Crippen LogP contribution in [0.4, 0.5) is 5.69 Å². The van der Waals surface area contributed by atoms with Crippen LogP contribution in [-0.2, 0) is 14.8 Å². The quantitative estimate of drug-likeness (QED) is 0.364. The first kappa shape index (κ1) is 34.9. The lowest BCUT2D eigenvalue weighted by Crippen LogP contribution is -2.48. The van der Waals surface area contributed by atoms with E-state index in [0.29, 0.717) is 30.9 Å². The number of ether oxygens (including phenoxy) is 2. The maximum atomic E-state index is 14.3. The van der Waals surface area contributed by atoms with Gasteiger partial charge in [0, 0.05) is 56.3 Å². The molecule has 2 N–H and O–H groups in total. The summed E-state index contributed by atoms with van der Waals surface area (Å²) in [6, 6.07) is 15.4. The Bertz CT molecular complexity index is 1560. The Kier molecular flexibility index (Phi) is 12.1. The van der Waals surface area contributed by atoms with Gasteiger partial charge in [0.2, 0.25) is 0 Å². The van der Waals surface area contributed by atoms with E-state index in [1.54, 1.807) is 78.6 Å². The number of nitrogens with one attached hydrogen (secondary N) is 1. The van der Waals surface area contributed by atoms with E-state index in [1.807, 2.05) is 13.8 Å². The van der Waals surface area contributed by atoms with Crippen molar-refractivity contribution in [3.8, 4) is 5.75 Å². The van der Waals surface area contributed by atoms with E-state index in [2.05, 4.69) is 9.71 Å². The minimum absolute atomic E-state index is 0.0917. The van der Waals surface area contributed by atoms with Gasteiger partial charge < -0.3 is 24.4 Å². The maximum Gasteiger partial charge on any atom is 0.261 e. The van der Waals surface area contributed by atoms with Gasteiger partial charge in [0.25, 0.3) is 21.8 Å². The average Bonchev–Trinajstić information content (AvgIpc) is 3.06. The molecular weight excluding hydrogens is 608 g/mol. The average molecular weight is 653 g/mol. The van der Waals surface area contributed by atoms with Gasteiger partial charge in [0.05, 0.1) is 35.3 Å². The Morgan fingerprint density at radius 1 is 1.11 bits per heavy atom. The summed E-state index contributed by atoms with van der Waals surface area (Å²) in [7, 11) is -2.20. The number of aliphatic hydroxyl groups is 1. The lowest BCUT2D eigenvalue weighted by molar-refractivity contribution is -0.0149. The molecule has 0 radical (unpaired) electrons. The molecular formula is C34H44N4O7S. The number of rotatable bonds is 8. The third kappa shape index (κ3) is 9.05. The predicted octanol–water partition coefficient (Wildman–Crippen LogP) is 4.45. The Morgan fingerprint density at radius 3 is 2.52 bits per heavy atom. The van der Waals surface area contributed by atoms with Crippen molar-refractivity contribution in [2.75, 3.05) is 38.1 Å². The second-order valence-electron chi connectivity index (χ2n) is 11.9. The monoisotopic (exact) mass is 652 g/mol. The number of sulfonamides is 1. The highest BCUT2D eigenvalue weighted by Gasteiger charge is 2.31.